The standard InChI is InChI=1S/C72H48BF3O3/c74-70-58(49-28-10-1-11-29-49)46-61(64(52-34-16-4-17-35-52)67(70)55-40-22-7-23-41-55)77-73(78-62-47-59(50-30-12-2-13-31-50)71(75)68(56-42-24-8-25-43-56)65(62)53-36-18-5-19-37-53)79-63-48-60(51-32-14-3-15-33-51)72(76)69(57-44-26-9-27-45-57)66(63)54-38-20-6-21-39-54/h1-48H. The van der Waals surface area contributed by atoms with E-state index in [-0.39, 0.29) is 50.6 Å². The lowest BCUT2D eigenvalue weighted by molar-refractivity contribution is 0.308. The van der Waals surface area contributed by atoms with Crippen molar-refractivity contribution in [2.75, 3.05) is 0 Å². The van der Waals surface area contributed by atoms with Gasteiger partial charge in [0, 0.05) is 50.1 Å². The molecule has 0 unspecified atom stereocenters. The molecular formula is C72H48BF3O3. The first-order chi connectivity index (χ1) is 39.0. The van der Waals surface area contributed by atoms with Crippen LogP contribution >= 0.6 is 0 Å². The molecule has 378 valence electrons. The molecule has 0 saturated carbocycles. The molecule has 0 N–H and O–H groups in total. The summed E-state index contributed by atoms with van der Waals surface area (Å²) in [7, 11) is -1.76. The van der Waals surface area contributed by atoms with Crippen LogP contribution < -0.4 is 14.0 Å². The van der Waals surface area contributed by atoms with Crippen molar-refractivity contribution in [2.24, 2.45) is 0 Å². The molecule has 0 spiro atoms. The van der Waals surface area contributed by atoms with Crippen LogP contribution in [0.3, 0.4) is 0 Å². The maximum atomic E-state index is 18.0. The summed E-state index contributed by atoms with van der Waals surface area (Å²) in [5, 5.41) is 0. The van der Waals surface area contributed by atoms with Gasteiger partial charge >= 0.3 is 7.32 Å². The van der Waals surface area contributed by atoms with E-state index < -0.39 is 24.8 Å². The average molecular weight is 1030 g/mol. The van der Waals surface area contributed by atoms with Crippen LogP contribution in [0, 0.1) is 17.5 Å². The van der Waals surface area contributed by atoms with Gasteiger partial charge in [-0.15, -0.1) is 0 Å². The first-order valence-corrected chi connectivity index (χ1v) is 26.1. The predicted octanol–water partition coefficient (Wildman–Crippen LogP) is 19.6. The maximum Gasteiger partial charge on any atom is 0.864 e. The summed E-state index contributed by atoms with van der Waals surface area (Å²) in [6, 6.07) is 89.6. The van der Waals surface area contributed by atoms with Gasteiger partial charge in [-0.2, -0.15) is 0 Å². The fraction of sp³-hybridized carbons (Fsp3) is 0. The molecule has 0 fully saturated rings. The van der Waals surface area contributed by atoms with Crippen LogP contribution in [0.2, 0.25) is 0 Å². The van der Waals surface area contributed by atoms with Gasteiger partial charge in [-0.3, -0.25) is 0 Å². The molecule has 79 heavy (non-hydrogen) atoms. The van der Waals surface area contributed by atoms with Crippen molar-refractivity contribution < 1.29 is 27.1 Å². The minimum Gasteiger partial charge on any atom is -0.489 e. The van der Waals surface area contributed by atoms with Crippen molar-refractivity contribution in [3.63, 3.8) is 0 Å². The summed E-state index contributed by atoms with van der Waals surface area (Å²) >= 11 is 0. The second-order valence-electron chi connectivity index (χ2n) is 18.9. The summed E-state index contributed by atoms with van der Waals surface area (Å²) < 4.78 is 76.2. The number of hydrogen-bond acceptors (Lipinski definition) is 3. The van der Waals surface area contributed by atoms with E-state index in [1.807, 2.05) is 273 Å². The molecule has 0 aliphatic carbocycles. The Morgan fingerprint density at radius 3 is 0.557 bits per heavy atom. The zero-order chi connectivity index (χ0) is 53.5. The van der Waals surface area contributed by atoms with Gasteiger partial charge in [-0.05, 0) is 68.3 Å². The topological polar surface area (TPSA) is 27.7 Å². The van der Waals surface area contributed by atoms with Crippen LogP contribution in [0.25, 0.3) is 100 Å². The van der Waals surface area contributed by atoms with E-state index in [1.165, 1.54) is 0 Å². The Hall–Kier alpha value is -10.1. The normalized spacial score (nSPS) is 11.0. The molecule has 12 aromatic carbocycles. The summed E-state index contributed by atoms with van der Waals surface area (Å²) in [6.07, 6.45) is 0. The van der Waals surface area contributed by atoms with Gasteiger partial charge < -0.3 is 14.0 Å². The highest BCUT2D eigenvalue weighted by Crippen LogP contribution is 2.50. The third-order valence-electron chi connectivity index (χ3n) is 14.0. The molecular weight excluding hydrogens is 981 g/mol. The lowest BCUT2D eigenvalue weighted by atomic mass is 9.88. The lowest BCUT2D eigenvalue weighted by Crippen LogP contribution is -2.37. The minimum absolute atomic E-state index is 0.209. The minimum atomic E-state index is -1.76. The SMILES string of the molecule is Fc1c(-c2ccccc2)cc(OB(Oc2cc(-c3ccccc3)c(F)c(-c3ccccc3)c2-c2ccccc2)Oc2cc(-c3ccccc3)c(F)c(-c3ccccc3)c2-c2ccccc2)c(-c2ccccc2)c1-c1ccccc1. The zero-order valence-electron chi connectivity index (χ0n) is 42.6. The van der Waals surface area contributed by atoms with Crippen LogP contribution in [-0.2, 0) is 0 Å². The second-order valence-corrected chi connectivity index (χ2v) is 18.9. The van der Waals surface area contributed by atoms with Gasteiger partial charge in [-0.1, -0.05) is 273 Å². The number of rotatable bonds is 15. The van der Waals surface area contributed by atoms with Gasteiger partial charge in [0.15, 0.2) is 0 Å². The Balaban J connectivity index is 1.18. The first-order valence-electron chi connectivity index (χ1n) is 26.1. The average Bonchev–Trinajstić information content (AvgIpc) is 3.54. The summed E-state index contributed by atoms with van der Waals surface area (Å²) in [4.78, 5) is 0. The number of hydrogen-bond donors (Lipinski definition) is 0. The van der Waals surface area contributed by atoms with E-state index >= 15 is 13.2 Å². The molecule has 0 aromatic heterocycles. The summed E-state index contributed by atoms with van der Waals surface area (Å²) in [5.41, 5.74) is 8.54. The Morgan fingerprint density at radius 1 is 0.203 bits per heavy atom. The van der Waals surface area contributed by atoms with Crippen molar-refractivity contribution in [2.45, 2.75) is 0 Å². The van der Waals surface area contributed by atoms with Crippen molar-refractivity contribution in [1.29, 1.82) is 0 Å². The van der Waals surface area contributed by atoms with Crippen molar-refractivity contribution in [3.05, 3.63) is 309 Å². The molecule has 3 nitrogen and oxygen atoms in total. The van der Waals surface area contributed by atoms with Crippen LogP contribution in [0.5, 0.6) is 17.2 Å². The molecule has 0 radical (unpaired) electrons. The Morgan fingerprint density at radius 2 is 0.367 bits per heavy atom. The Kier molecular flexibility index (Phi) is 14.2. The predicted molar refractivity (Wildman–Crippen MR) is 316 cm³/mol. The van der Waals surface area contributed by atoms with Gasteiger partial charge in [-0.25, -0.2) is 13.2 Å². The molecule has 0 aliphatic heterocycles. The molecule has 0 bridgehead atoms. The van der Waals surface area contributed by atoms with E-state index in [4.69, 9.17) is 14.0 Å². The van der Waals surface area contributed by atoms with E-state index in [0.29, 0.717) is 66.8 Å². The Labute approximate surface area is 458 Å². The third kappa shape index (κ3) is 10.2. The van der Waals surface area contributed by atoms with E-state index in [2.05, 4.69) is 0 Å². The third-order valence-corrected chi connectivity index (χ3v) is 14.0. The summed E-state index contributed by atoms with van der Waals surface area (Å²) in [6.45, 7) is 0. The highest BCUT2D eigenvalue weighted by Gasteiger charge is 2.38. The van der Waals surface area contributed by atoms with Gasteiger partial charge in [0.25, 0.3) is 0 Å². The van der Waals surface area contributed by atoms with Gasteiger partial charge in [0.2, 0.25) is 0 Å². The smallest absolute Gasteiger partial charge is 0.489 e. The maximum absolute atomic E-state index is 18.0. The molecule has 7 heteroatoms. The molecule has 0 saturated heterocycles. The van der Waals surface area contributed by atoms with Crippen LogP contribution in [0.15, 0.2) is 291 Å². The van der Waals surface area contributed by atoms with Crippen LogP contribution in [0.1, 0.15) is 0 Å². The van der Waals surface area contributed by atoms with E-state index in [1.54, 1.807) is 18.2 Å². The first kappa shape index (κ1) is 49.8. The fourth-order valence-corrected chi connectivity index (χ4v) is 10.3. The molecule has 0 aliphatic rings. The highest BCUT2D eigenvalue weighted by molar-refractivity contribution is 6.40. The van der Waals surface area contributed by atoms with E-state index in [0.717, 1.165) is 0 Å². The summed E-state index contributed by atoms with van der Waals surface area (Å²) in [5.74, 6) is -0.758. The van der Waals surface area contributed by atoms with Crippen LogP contribution in [0.4, 0.5) is 13.2 Å². The number of benzene rings is 12. The lowest BCUT2D eigenvalue weighted by Gasteiger charge is -2.26. The van der Waals surface area contributed by atoms with Crippen LogP contribution in [-0.4, -0.2) is 7.32 Å². The monoisotopic (exact) mass is 1030 g/mol. The molecule has 0 atom stereocenters. The van der Waals surface area contributed by atoms with E-state index in [9.17, 15) is 0 Å². The molecule has 0 amide bonds. The number of halogens is 3. The zero-order valence-corrected chi connectivity index (χ0v) is 42.6. The molecule has 0 heterocycles. The van der Waals surface area contributed by atoms with Gasteiger partial charge in [0.05, 0.1) is 0 Å². The van der Waals surface area contributed by atoms with Crippen molar-refractivity contribution >= 4 is 7.32 Å². The van der Waals surface area contributed by atoms with Crippen molar-refractivity contribution in [3.8, 4) is 117 Å². The highest BCUT2D eigenvalue weighted by atomic mass is 19.1. The van der Waals surface area contributed by atoms with Gasteiger partial charge in [0.1, 0.15) is 34.7 Å². The Bertz CT molecular complexity index is 3600. The quantitative estimate of drug-likeness (QED) is 0.0958. The fourth-order valence-electron chi connectivity index (χ4n) is 10.3. The van der Waals surface area contributed by atoms with Crippen molar-refractivity contribution in [1.82, 2.24) is 0 Å². The molecule has 12 aromatic rings. The second kappa shape index (κ2) is 22.6. The molecule has 12 rings (SSSR count). The largest absolute Gasteiger partial charge is 0.864 e.